The van der Waals surface area contributed by atoms with Gasteiger partial charge < -0.3 is 11.5 Å². The maximum absolute atomic E-state index is 5.39. The standard InChI is InChI=1S/C5H8N4.ClH/c1-3-2-8-5(7)9-4(3)6;/h2H,1H3,(H4,6,7,8,9);1H. The summed E-state index contributed by atoms with van der Waals surface area (Å²) in [5, 5.41) is 0. The minimum Gasteiger partial charge on any atom is -0.383 e. The van der Waals surface area contributed by atoms with Crippen molar-refractivity contribution in [2.24, 2.45) is 0 Å². The molecule has 0 amide bonds. The molecule has 56 valence electrons. The smallest absolute Gasteiger partial charge is 0.221 e. The van der Waals surface area contributed by atoms with Crippen LogP contribution in [0.15, 0.2) is 6.20 Å². The molecule has 0 radical (unpaired) electrons. The van der Waals surface area contributed by atoms with E-state index in [2.05, 4.69) is 9.97 Å². The zero-order valence-electron chi connectivity index (χ0n) is 5.53. The van der Waals surface area contributed by atoms with Gasteiger partial charge in [0.1, 0.15) is 5.82 Å². The summed E-state index contributed by atoms with van der Waals surface area (Å²) >= 11 is 0. The first-order chi connectivity index (χ1) is 4.20. The van der Waals surface area contributed by atoms with Crippen LogP contribution < -0.4 is 11.5 Å². The Labute approximate surface area is 65.1 Å². The lowest BCUT2D eigenvalue weighted by Crippen LogP contribution is -2.00. The average molecular weight is 161 g/mol. The highest BCUT2D eigenvalue weighted by molar-refractivity contribution is 5.85. The van der Waals surface area contributed by atoms with Gasteiger partial charge >= 0.3 is 0 Å². The number of nitrogens with zero attached hydrogens (tertiary/aromatic N) is 2. The summed E-state index contributed by atoms with van der Waals surface area (Å²) in [5.41, 5.74) is 11.5. The van der Waals surface area contributed by atoms with Crippen LogP contribution in [0.4, 0.5) is 11.8 Å². The minimum absolute atomic E-state index is 0. The van der Waals surface area contributed by atoms with Gasteiger partial charge in [0, 0.05) is 11.8 Å². The Balaban J connectivity index is 0.000000810. The second kappa shape index (κ2) is 3.22. The van der Waals surface area contributed by atoms with Gasteiger partial charge in [-0.25, -0.2) is 4.98 Å². The number of anilines is 2. The Bertz CT molecular complexity index is 225. The number of nitrogen functional groups attached to an aromatic ring is 2. The van der Waals surface area contributed by atoms with Crippen LogP contribution in [-0.2, 0) is 0 Å². The second-order valence-corrected chi connectivity index (χ2v) is 1.80. The molecule has 0 aromatic carbocycles. The maximum atomic E-state index is 5.39. The van der Waals surface area contributed by atoms with Crippen LogP contribution in [-0.4, -0.2) is 9.97 Å². The molecule has 0 aliphatic carbocycles. The van der Waals surface area contributed by atoms with E-state index in [4.69, 9.17) is 11.5 Å². The maximum Gasteiger partial charge on any atom is 0.221 e. The van der Waals surface area contributed by atoms with Crippen molar-refractivity contribution < 1.29 is 0 Å². The van der Waals surface area contributed by atoms with Gasteiger partial charge in [-0.3, -0.25) is 0 Å². The Morgan fingerprint density at radius 1 is 1.40 bits per heavy atom. The molecule has 0 spiro atoms. The van der Waals surface area contributed by atoms with Crippen LogP contribution in [0.5, 0.6) is 0 Å². The van der Waals surface area contributed by atoms with Gasteiger partial charge in [0.05, 0.1) is 0 Å². The summed E-state index contributed by atoms with van der Waals surface area (Å²) < 4.78 is 0. The van der Waals surface area contributed by atoms with Gasteiger partial charge in [0.15, 0.2) is 0 Å². The van der Waals surface area contributed by atoms with Crippen molar-refractivity contribution >= 4 is 24.2 Å². The predicted octanol–water partition coefficient (Wildman–Crippen LogP) is 0.371. The van der Waals surface area contributed by atoms with Crippen molar-refractivity contribution in [3.05, 3.63) is 11.8 Å². The van der Waals surface area contributed by atoms with Crippen molar-refractivity contribution in [3.8, 4) is 0 Å². The largest absolute Gasteiger partial charge is 0.383 e. The molecule has 0 fully saturated rings. The molecule has 1 aromatic heterocycles. The third-order valence-electron chi connectivity index (χ3n) is 1.03. The third kappa shape index (κ3) is 1.73. The fourth-order valence-corrected chi connectivity index (χ4v) is 0.470. The van der Waals surface area contributed by atoms with E-state index in [1.165, 1.54) is 0 Å². The molecule has 0 atom stereocenters. The summed E-state index contributed by atoms with van der Waals surface area (Å²) in [6.45, 7) is 1.83. The molecule has 0 saturated carbocycles. The number of aryl methyl sites for hydroxylation is 1. The van der Waals surface area contributed by atoms with E-state index in [9.17, 15) is 0 Å². The monoisotopic (exact) mass is 160 g/mol. The van der Waals surface area contributed by atoms with Crippen LogP contribution in [0.25, 0.3) is 0 Å². The van der Waals surface area contributed by atoms with Crippen molar-refractivity contribution in [2.45, 2.75) is 6.92 Å². The Morgan fingerprint density at radius 2 is 2.00 bits per heavy atom. The fraction of sp³-hybridized carbons (Fsp3) is 0.200. The number of halogens is 1. The Kier molecular flexibility index (Phi) is 2.89. The Hall–Kier alpha value is -1.03. The predicted molar refractivity (Wildman–Crippen MR) is 42.8 cm³/mol. The molecule has 0 aliphatic rings. The number of hydrogen-bond acceptors (Lipinski definition) is 4. The van der Waals surface area contributed by atoms with E-state index < -0.39 is 0 Å². The van der Waals surface area contributed by atoms with Gasteiger partial charge in [-0.1, -0.05) is 0 Å². The van der Waals surface area contributed by atoms with Gasteiger partial charge in [-0.15, -0.1) is 12.4 Å². The van der Waals surface area contributed by atoms with Crippen molar-refractivity contribution in [1.29, 1.82) is 0 Å². The van der Waals surface area contributed by atoms with Crippen LogP contribution in [0, 0.1) is 6.92 Å². The fourth-order valence-electron chi connectivity index (χ4n) is 0.470. The zero-order chi connectivity index (χ0) is 6.85. The van der Waals surface area contributed by atoms with Crippen molar-refractivity contribution in [3.63, 3.8) is 0 Å². The third-order valence-corrected chi connectivity index (χ3v) is 1.03. The molecule has 0 saturated heterocycles. The normalized spacial score (nSPS) is 8.50. The molecule has 1 heterocycles. The summed E-state index contributed by atoms with van der Waals surface area (Å²) in [7, 11) is 0. The first kappa shape index (κ1) is 8.97. The van der Waals surface area contributed by atoms with Crippen LogP contribution >= 0.6 is 12.4 Å². The topological polar surface area (TPSA) is 77.8 Å². The highest BCUT2D eigenvalue weighted by Crippen LogP contribution is 2.04. The minimum atomic E-state index is 0. The Morgan fingerprint density at radius 3 is 2.40 bits per heavy atom. The van der Waals surface area contributed by atoms with E-state index >= 15 is 0 Å². The molecule has 4 nitrogen and oxygen atoms in total. The first-order valence-electron chi connectivity index (χ1n) is 2.55. The van der Waals surface area contributed by atoms with E-state index in [1.54, 1.807) is 6.20 Å². The molecule has 0 aliphatic heterocycles. The lowest BCUT2D eigenvalue weighted by molar-refractivity contribution is 1.16. The lowest BCUT2D eigenvalue weighted by atomic mass is 10.4. The molecular formula is C5H9ClN4. The van der Waals surface area contributed by atoms with Gasteiger partial charge in [0.2, 0.25) is 5.95 Å². The molecule has 5 heteroatoms. The first-order valence-corrected chi connectivity index (χ1v) is 2.55. The second-order valence-electron chi connectivity index (χ2n) is 1.80. The number of aromatic nitrogens is 2. The molecule has 10 heavy (non-hydrogen) atoms. The van der Waals surface area contributed by atoms with E-state index in [1.807, 2.05) is 6.92 Å². The molecule has 0 unspecified atom stereocenters. The quantitative estimate of drug-likeness (QED) is 0.575. The number of nitrogens with two attached hydrogens (primary N) is 2. The summed E-state index contributed by atoms with van der Waals surface area (Å²) in [4.78, 5) is 7.44. The number of rotatable bonds is 0. The van der Waals surface area contributed by atoms with E-state index in [0.717, 1.165) is 5.56 Å². The average Bonchev–Trinajstić information content (AvgIpc) is 1.80. The highest BCUT2D eigenvalue weighted by atomic mass is 35.5. The van der Waals surface area contributed by atoms with Crippen LogP contribution in [0.1, 0.15) is 5.56 Å². The molecule has 1 rings (SSSR count). The van der Waals surface area contributed by atoms with Crippen LogP contribution in [0.3, 0.4) is 0 Å². The van der Waals surface area contributed by atoms with E-state index in [0.29, 0.717) is 5.82 Å². The molecule has 0 bridgehead atoms. The van der Waals surface area contributed by atoms with E-state index in [-0.39, 0.29) is 18.4 Å². The zero-order valence-corrected chi connectivity index (χ0v) is 6.35. The van der Waals surface area contributed by atoms with Crippen molar-refractivity contribution in [2.75, 3.05) is 11.5 Å². The lowest BCUT2D eigenvalue weighted by Gasteiger charge is -1.96. The summed E-state index contributed by atoms with van der Waals surface area (Å²) in [6.07, 6.45) is 1.59. The molecule has 1 aromatic rings. The number of hydrogen-bond donors (Lipinski definition) is 2. The van der Waals surface area contributed by atoms with Gasteiger partial charge in [-0.2, -0.15) is 4.98 Å². The van der Waals surface area contributed by atoms with Crippen molar-refractivity contribution in [1.82, 2.24) is 9.97 Å². The van der Waals surface area contributed by atoms with Crippen LogP contribution in [0.2, 0.25) is 0 Å². The van der Waals surface area contributed by atoms with Gasteiger partial charge in [-0.05, 0) is 6.92 Å². The molecular weight excluding hydrogens is 152 g/mol. The SMILES string of the molecule is Cc1cnc(N)nc1N.Cl. The van der Waals surface area contributed by atoms with Gasteiger partial charge in [0.25, 0.3) is 0 Å². The summed E-state index contributed by atoms with van der Waals surface area (Å²) in [6, 6.07) is 0. The highest BCUT2D eigenvalue weighted by Gasteiger charge is 1.93. The summed E-state index contributed by atoms with van der Waals surface area (Å²) in [5.74, 6) is 0.667. The molecule has 4 N–H and O–H groups in total.